The van der Waals surface area contributed by atoms with Crippen molar-refractivity contribution in [2.75, 3.05) is 21.2 Å². The maximum atomic E-state index is 14.2. The third-order valence-electron chi connectivity index (χ3n) is 12.4. The molecule has 320 valence electrons. The molecule has 0 radical (unpaired) electrons. The Kier molecular flexibility index (Phi) is 16.3. The summed E-state index contributed by atoms with van der Waals surface area (Å²) in [5.74, 6) is -5.59. The fourth-order valence-electron chi connectivity index (χ4n) is 8.76. The summed E-state index contributed by atoms with van der Waals surface area (Å²) in [6.07, 6.45) is -9.68. The number of rotatable bonds is 9. The van der Waals surface area contributed by atoms with Gasteiger partial charge in [-0.15, -0.1) is 0 Å². The lowest BCUT2D eigenvalue weighted by molar-refractivity contribution is -0.319. The van der Waals surface area contributed by atoms with Crippen LogP contribution in [0, 0.1) is 23.7 Å². The predicted molar refractivity (Wildman–Crippen MR) is 200 cm³/mol. The molecule has 3 rings (SSSR count). The van der Waals surface area contributed by atoms with Crippen molar-refractivity contribution in [2.24, 2.45) is 23.7 Å². The molecule has 15 heteroatoms. The molecule has 0 amide bonds. The molecule has 3 fully saturated rings. The number of ketones is 1. The lowest BCUT2D eigenvalue weighted by Crippen LogP contribution is -2.61. The number of aliphatic hydroxyl groups is 4. The van der Waals surface area contributed by atoms with Gasteiger partial charge in [0.25, 0.3) is 0 Å². The van der Waals surface area contributed by atoms with Crippen LogP contribution in [0.3, 0.4) is 0 Å². The Bertz CT molecular complexity index is 1290. The molecule has 15 nitrogen and oxygen atoms in total. The number of Topliss-reactive ketones (excluding diaryl/α,β-unsaturated/α-hetero) is 1. The second-order valence-corrected chi connectivity index (χ2v) is 17.3. The molecule has 0 aromatic rings. The highest BCUT2D eigenvalue weighted by Crippen LogP contribution is 2.41. The van der Waals surface area contributed by atoms with Crippen molar-refractivity contribution in [2.45, 2.75) is 193 Å². The summed E-state index contributed by atoms with van der Waals surface area (Å²) >= 11 is 0. The summed E-state index contributed by atoms with van der Waals surface area (Å²) in [5.41, 5.74) is -4.92. The number of aliphatic hydroxyl groups excluding tert-OH is 2. The maximum absolute atomic E-state index is 14.2. The Morgan fingerprint density at radius 2 is 1.51 bits per heavy atom. The van der Waals surface area contributed by atoms with Crippen molar-refractivity contribution in [1.82, 2.24) is 4.90 Å². The van der Waals surface area contributed by atoms with E-state index in [1.807, 2.05) is 25.9 Å². The summed E-state index contributed by atoms with van der Waals surface area (Å²) in [5, 5.41) is 46.6. The Morgan fingerprint density at radius 1 is 0.891 bits per heavy atom. The number of methoxy groups -OCH3 is 1. The van der Waals surface area contributed by atoms with Crippen LogP contribution in [-0.2, 0) is 47.5 Å². The van der Waals surface area contributed by atoms with E-state index in [1.165, 1.54) is 27.9 Å². The molecule has 4 N–H and O–H groups in total. The second kappa shape index (κ2) is 18.9. The highest BCUT2D eigenvalue weighted by atomic mass is 16.7. The zero-order chi connectivity index (χ0) is 42.0. The van der Waals surface area contributed by atoms with E-state index >= 15 is 0 Å². The van der Waals surface area contributed by atoms with Gasteiger partial charge >= 0.3 is 11.9 Å². The number of carbonyl (C=O) groups excluding carboxylic acids is 3. The molecule has 0 aromatic heterocycles. The predicted octanol–water partition coefficient (Wildman–Crippen LogP) is 2.75. The third kappa shape index (κ3) is 10.6. The van der Waals surface area contributed by atoms with Crippen LogP contribution < -0.4 is 0 Å². The molecule has 0 bridgehead atoms. The second-order valence-electron chi connectivity index (χ2n) is 17.3. The zero-order valence-electron chi connectivity index (χ0n) is 35.5. The fraction of sp³-hybridized carbons (Fsp3) is 0.925. The molecule has 0 aliphatic carbocycles. The van der Waals surface area contributed by atoms with Crippen LogP contribution in [0.15, 0.2) is 0 Å². The van der Waals surface area contributed by atoms with Crippen LogP contribution in [0.5, 0.6) is 0 Å². The van der Waals surface area contributed by atoms with E-state index in [2.05, 4.69) is 0 Å². The number of esters is 2. The molecule has 3 saturated heterocycles. The molecule has 18 atom stereocenters. The van der Waals surface area contributed by atoms with Crippen molar-refractivity contribution < 1.29 is 68.0 Å². The van der Waals surface area contributed by atoms with Crippen molar-refractivity contribution in [3.8, 4) is 0 Å². The molecule has 3 aliphatic heterocycles. The van der Waals surface area contributed by atoms with Gasteiger partial charge in [-0.1, -0.05) is 34.6 Å². The number of carbonyl (C=O) groups is 3. The van der Waals surface area contributed by atoms with E-state index in [-0.39, 0.29) is 37.8 Å². The number of hydrogen-bond acceptors (Lipinski definition) is 15. The first-order valence-corrected chi connectivity index (χ1v) is 19.9. The van der Waals surface area contributed by atoms with Gasteiger partial charge in [-0.3, -0.25) is 14.4 Å². The largest absolute Gasteiger partial charge is 0.459 e. The van der Waals surface area contributed by atoms with Crippen molar-refractivity contribution >= 4 is 17.7 Å². The van der Waals surface area contributed by atoms with Crippen LogP contribution in [-0.4, -0.2) is 149 Å². The summed E-state index contributed by atoms with van der Waals surface area (Å²) < 4.78 is 43.6. The first-order valence-electron chi connectivity index (χ1n) is 19.9. The minimum atomic E-state index is -2.01. The van der Waals surface area contributed by atoms with Crippen LogP contribution in [0.1, 0.15) is 108 Å². The Balaban J connectivity index is 2.24. The molecule has 0 saturated carbocycles. The number of cyclic esters (lactones) is 1. The maximum Gasteiger partial charge on any atom is 0.311 e. The molecule has 0 aromatic carbocycles. The van der Waals surface area contributed by atoms with E-state index < -0.39 is 114 Å². The summed E-state index contributed by atoms with van der Waals surface area (Å²) in [6.45, 7) is 18.0. The topological polar surface area (TPSA) is 200 Å². The van der Waals surface area contributed by atoms with Crippen LogP contribution in [0.4, 0.5) is 0 Å². The molecular weight excluding hydrogens is 718 g/mol. The molecule has 3 aliphatic rings. The van der Waals surface area contributed by atoms with Gasteiger partial charge in [-0.25, -0.2) is 0 Å². The summed E-state index contributed by atoms with van der Waals surface area (Å²) in [6, 6.07) is -0.319. The van der Waals surface area contributed by atoms with Gasteiger partial charge < -0.3 is 58.5 Å². The van der Waals surface area contributed by atoms with Gasteiger partial charge in [0.15, 0.2) is 18.7 Å². The van der Waals surface area contributed by atoms with E-state index in [1.54, 1.807) is 48.5 Å². The zero-order valence-corrected chi connectivity index (χ0v) is 35.5. The van der Waals surface area contributed by atoms with Gasteiger partial charge in [-0.05, 0) is 74.9 Å². The Morgan fingerprint density at radius 3 is 2.05 bits per heavy atom. The van der Waals surface area contributed by atoms with Gasteiger partial charge in [0.05, 0.1) is 53.7 Å². The van der Waals surface area contributed by atoms with E-state index in [9.17, 15) is 34.8 Å². The van der Waals surface area contributed by atoms with Gasteiger partial charge in [0.1, 0.15) is 23.6 Å². The minimum Gasteiger partial charge on any atom is -0.459 e. The van der Waals surface area contributed by atoms with E-state index in [0.29, 0.717) is 6.42 Å². The molecule has 55 heavy (non-hydrogen) atoms. The standard InChI is InChI=1S/C40H71NO14/c1-15-27-40(11,48)33(44)22(5)30(43)20(3)18-38(9,47)35(55-37-32(53-28(42)16-2)26(41(12)13)17-21(4)50-37)23(6)31(24(7)36(46)52-27)54-29-19-39(10,49-14)34(45)25(8)51-29/h20-27,29,31-35,37,44-45,47-48H,15-19H2,1-14H3/t20-,21?,22+,23+,24-,25?,26?,27-,29?,31+,32?,33-,34?,35-,37?,38-,39?,40-/m1/s1. The quantitative estimate of drug-likeness (QED) is 0.249. The SMILES string of the molecule is CCC(=O)OC1C(O[C@@H]2[C@@H](C)[C@H](OC3CC(C)(OC)C(O)C(C)O3)[C@@H](C)C(=O)O[C@H](CC)[C@@](C)(O)[C@H](O)[C@@H](C)C(=O)[C@H](C)C[C@@]2(C)O)OC(C)CC1N(C)C. The molecule has 8 unspecified atom stereocenters. The van der Waals surface area contributed by atoms with Crippen molar-refractivity contribution in [3.63, 3.8) is 0 Å². The number of likely N-dealkylation sites (N-methyl/N-ethyl adjacent to an activating group) is 1. The Hall–Kier alpha value is -1.79. The number of ether oxygens (including phenoxy) is 7. The molecule has 0 spiro atoms. The summed E-state index contributed by atoms with van der Waals surface area (Å²) in [4.78, 5) is 42.9. The van der Waals surface area contributed by atoms with Gasteiger partial charge in [0.2, 0.25) is 0 Å². The van der Waals surface area contributed by atoms with Crippen LogP contribution in [0.25, 0.3) is 0 Å². The van der Waals surface area contributed by atoms with E-state index in [4.69, 9.17) is 33.2 Å². The molecular formula is C40H71NO14. The van der Waals surface area contributed by atoms with Crippen LogP contribution >= 0.6 is 0 Å². The normalized spacial score (nSPS) is 46.9. The average Bonchev–Trinajstić information content (AvgIpc) is 3.11. The van der Waals surface area contributed by atoms with Crippen LogP contribution in [0.2, 0.25) is 0 Å². The molecule has 3 heterocycles. The monoisotopic (exact) mass is 789 g/mol. The average molecular weight is 790 g/mol. The Labute approximate surface area is 327 Å². The van der Waals surface area contributed by atoms with Crippen molar-refractivity contribution in [1.29, 1.82) is 0 Å². The number of nitrogens with zero attached hydrogens (tertiary/aromatic N) is 1. The van der Waals surface area contributed by atoms with E-state index in [0.717, 1.165) is 0 Å². The lowest BCUT2D eigenvalue weighted by atomic mass is 9.74. The number of hydrogen-bond donors (Lipinski definition) is 4. The fourth-order valence-corrected chi connectivity index (χ4v) is 8.76. The highest BCUT2D eigenvalue weighted by molar-refractivity contribution is 5.83. The first kappa shape index (κ1) is 47.6. The highest BCUT2D eigenvalue weighted by Gasteiger charge is 2.54. The van der Waals surface area contributed by atoms with Gasteiger partial charge in [-0.2, -0.15) is 0 Å². The lowest BCUT2D eigenvalue weighted by Gasteiger charge is -2.49. The minimum absolute atomic E-state index is 0.0760. The van der Waals surface area contributed by atoms with Crippen molar-refractivity contribution in [3.05, 3.63) is 0 Å². The van der Waals surface area contributed by atoms with Gasteiger partial charge in [0, 0.05) is 37.7 Å². The summed E-state index contributed by atoms with van der Waals surface area (Å²) in [7, 11) is 5.21. The first-order chi connectivity index (χ1) is 25.4. The third-order valence-corrected chi connectivity index (χ3v) is 12.4. The smallest absolute Gasteiger partial charge is 0.311 e.